The number of rotatable bonds is 0. The van der Waals surface area contributed by atoms with Gasteiger partial charge in [0, 0.05) is 48.4 Å². The Kier molecular flexibility index (Phi) is 3.57. The van der Waals surface area contributed by atoms with E-state index in [1.54, 1.807) is 0 Å². The van der Waals surface area contributed by atoms with E-state index in [2.05, 4.69) is 61.0 Å². The van der Waals surface area contributed by atoms with Gasteiger partial charge < -0.3 is 18.6 Å². The van der Waals surface area contributed by atoms with Crippen LogP contribution in [0.5, 0.6) is 0 Å². The van der Waals surface area contributed by atoms with Gasteiger partial charge in [-0.15, -0.1) is 0 Å². The number of pyridine rings is 1. The first-order chi connectivity index (χ1) is 10.5. The highest BCUT2D eigenvalue weighted by molar-refractivity contribution is 6.30. The average Bonchev–Trinajstić information content (AvgIpc) is 2.43. The number of hydrogen-bond acceptors (Lipinski definition) is 2. The molecule has 1 aromatic heterocycles. The lowest BCUT2D eigenvalue weighted by Crippen LogP contribution is -2.24. The molecular formula is C16H13BF2N2O. The summed E-state index contributed by atoms with van der Waals surface area (Å²) in [6, 6.07) is 8.73. The molecule has 0 amide bonds. The third-order valence-electron chi connectivity index (χ3n) is 3.57. The monoisotopic (exact) mass is 298 g/mol. The third kappa shape index (κ3) is 2.54. The molecule has 22 heavy (non-hydrogen) atoms. The van der Waals surface area contributed by atoms with Gasteiger partial charge in [0.15, 0.2) is 5.39 Å². The fourth-order valence-electron chi connectivity index (χ4n) is 2.90. The number of aryl methyl sites for hydroxylation is 1. The van der Waals surface area contributed by atoms with Crippen LogP contribution in [-0.2, 0) is 7.05 Å². The van der Waals surface area contributed by atoms with Crippen LogP contribution in [0.4, 0.5) is 8.63 Å². The van der Waals surface area contributed by atoms with E-state index in [0.717, 1.165) is 0 Å². The number of halogens is 2. The molecule has 1 aliphatic rings. The Balaban J connectivity index is 0.000000325. The Labute approximate surface area is 126 Å². The molecule has 1 aliphatic heterocycles. The van der Waals surface area contributed by atoms with Crippen molar-refractivity contribution in [2.75, 3.05) is 7.05 Å². The molecule has 0 bridgehead atoms. The summed E-state index contributed by atoms with van der Waals surface area (Å²) in [6.45, 7) is 0. The number of nitrogens with zero attached hydrogens (tertiary/aromatic N) is 2. The molecule has 0 radical (unpaired) electrons. The highest BCUT2D eigenvalue weighted by atomic mass is 19.2. The van der Waals surface area contributed by atoms with Gasteiger partial charge in [-0.25, -0.2) is 4.57 Å². The van der Waals surface area contributed by atoms with E-state index in [0.29, 0.717) is 0 Å². The van der Waals surface area contributed by atoms with Gasteiger partial charge in [-0.2, -0.15) is 0 Å². The van der Waals surface area contributed by atoms with Gasteiger partial charge in [-0.1, -0.05) is 0 Å². The first-order valence-corrected chi connectivity index (χ1v) is 6.75. The second-order valence-corrected chi connectivity index (χ2v) is 5.23. The molecule has 2 heterocycles. The summed E-state index contributed by atoms with van der Waals surface area (Å²) in [7, 11) is 0.676. The Hall–Kier alpha value is -2.43. The van der Waals surface area contributed by atoms with Crippen LogP contribution in [0.3, 0.4) is 0 Å². The highest BCUT2D eigenvalue weighted by Gasteiger charge is 2.14. The largest absolute Gasteiger partial charge is 0.824 e. The molecule has 3 aromatic rings. The Morgan fingerprint density at radius 1 is 1.00 bits per heavy atom. The minimum Gasteiger partial charge on any atom is -0.824 e. The summed E-state index contributed by atoms with van der Waals surface area (Å²) in [4.78, 5) is 2.12. The van der Waals surface area contributed by atoms with Crippen molar-refractivity contribution in [1.82, 2.24) is 9.47 Å². The molecule has 0 N–H and O–H groups in total. The topological polar surface area (TPSA) is 31.2 Å². The fourth-order valence-corrected chi connectivity index (χ4v) is 2.90. The molecule has 0 saturated carbocycles. The quantitative estimate of drug-likeness (QED) is 0.454. The first kappa shape index (κ1) is 14.5. The third-order valence-corrected chi connectivity index (χ3v) is 3.57. The smallest absolute Gasteiger partial charge is 0.447 e. The summed E-state index contributed by atoms with van der Waals surface area (Å²) in [5.41, 5.74) is 0. The van der Waals surface area contributed by atoms with Gasteiger partial charge in [0.05, 0.1) is 17.0 Å². The van der Waals surface area contributed by atoms with Crippen LogP contribution in [0, 0.1) is 6.20 Å². The van der Waals surface area contributed by atoms with Gasteiger partial charge >= 0.3 is 7.47 Å². The summed E-state index contributed by atoms with van der Waals surface area (Å²) in [6.07, 6.45) is 9.86. The number of hydrogen-bond donors (Lipinski definition) is 0. The van der Waals surface area contributed by atoms with Crippen molar-refractivity contribution in [2.24, 2.45) is 7.05 Å². The van der Waals surface area contributed by atoms with Gasteiger partial charge in [0.1, 0.15) is 6.20 Å². The maximum Gasteiger partial charge on any atom is 0.447 e. The molecule has 4 rings (SSSR count). The van der Waals surface area contributed by atoms with Crippen LogP contribution in [0.1, 0.15) is 0 Å². The zero-order chi connectivity index (χ0) is 15.9. The van der Waals surface area contributed by atoms with E-state index in [1.165, 1.54) is 32.0 Å². The molecule has 0 aliphatic carbocycles. The summed E-state index contributed by atoms with van der Waals surface area (Å²) in [5.74, 6) is 0. The predicted molar refractivity (Wildman–Crippen MR) is 83.2 cm³/mol. The minimum absolute atomic E-state index is 1.18. The Morgan fingerprint density at radius 3 is 2.23 bits per heavy atom. The van der Waals surface area contributed by atoms with E-state index in [-0.39, 0.29) is 0 Å². The fraction of sp³-hybridized carbons (Fsp3) is 0.125. The van der Waals surface area contributed by atoms with Crippen LogP contribution in [0.15, 0.2) is 30.5 Å². The molecule has 0 fully saturated rings. The lowest BCUT2D eigenvalue weighted by atomic mass is 9.99. The summed E-state index contributed by atoms with van der Waals surface area (Å²) in [5, 5.41) is 15.9. The number of benzene rings is 2. The molecule has 0 unspecified atom stereocenters. The van der Waals surface area contributed by atoms with E-state index >= 15 is 0 Å². The molecule has 6 heteroatoms. The van der Waals surface area contributed by atoms with Gasteiger partial charge in [-0.05, 0) is 18.2 Å². The van der Waals surface area contributed by atoms with Crippen molar-refractivity contribution in [2.45, 2.75) is 0 Å². The van der Waals surface area contributed by atoms with E-state index in [1.807, 2.05) is 11.6 Å². The molecule has 110 valence electrons. The molecule has 0 atom stereocenters. The first-order valence-electron chi connectivity index (χ1n) is 6.75. The maximum atomic E-state index is 9.78. The van der Waals surface area contributed by atoms with Crippen molar-refractivity contribution in [3.63, 3.8) is 0 Å². The normalized spacial score (nSPS) is 12.3. The van der Waals surface area contributed by atoms with Crippen molar-refractivity contribution >= 4 is 41.4 Å². The number of aromatic nitrogens is 1. The summed E-state index contributed by atoms with van der Waals surface area (Å²) >= 11 is 0. The van der Waals surface area contributed by atoms with Crippen molar-refractivity contribution in [3.05, 3.63) is 47.1 Å². The second kappa shape index (κ2) is 5.41. The van der Waals surface area contributed by atoms with Crippen LogP contribution in [0.25, 0.3) is 33.9 Å². The standard InChI is InChI=1S/C16H13N2.BF2O/c1-17-7-11-3-5-13-9-18(2)10-14-6-4-12(8-17)15(11)16(13)14;2-1(3)4/h3-9H,1-2H3;/q+1;-1. The van der Waals surface area contributed by atoms with Gasteiger partial charge in [-0.3, -0.25) is 0 Å². The van der Waals surface area contributed by atoms with Crippen LogP contribution >= 0.6 is 0 Å². The van der Waals surface area contributed by atoms with Gasteiger partial charge in [0.25, 0.3) is 0 Å². The zero-order valence-electron chi connectivity index (χ0n) is 12.2. The van der Waals surface area contributed by atoms with E-state index < -0.39 is 7.47 Å². The van der Waals surface area contributed by atoms with E-state index in [4.69, 9.17) is 5.02 Å². The van der Waals surface area contributed by atoms with Crippen LogP contribution in [-0.4, -0.2) is 24.0 Å². The zero-order valence-corrected chi connectivity index (χ0v) is 12.2. The molecule has 0 spiro atoms. The second-order valence-electron chi connectivity index (χ2n) is 5.23. The average molecular weight is 298 g/mol. The van der Waals surface area contributed by atoms with Crippen molar-refractivity contribution in [1.29, 1.82) is 0 Å². The maximum absolute atomic E-state index is 9.78. The van der Waals surface area contributed by atoms with Crippen molar-refractivity contribution in [3.8, 4) is 0 Å². The minimum atomic E-state index is -3.42. The summed E-state index contributed by atoms with van der Waals surface area (Å²) < 4.78 is 21.6. The predicted octanol–water partition coefficient (Wildman–Crippen LogP) is 0.824. The molecule has 3 nitrogen and oxygen atoms in total. The lowest BCUT2D eigenvalue weighted by molar-refractivity contribution is -0.223. The highest BCUT2D eigenvalue weighted by Crippen LogP contribution is 2.22. The lowest BCUT2D eigenvalue weighted by Gasteiger charge is -2.13. The van der Waals surface area contributed by atoms with Crippen molar-refractivity contribution < 1.29 is 13.7 Å². The molecule has 0 saturated heterocycles. The molecule has 2 aromatic carbocycles. The Morgan fingerprint density at radius 2 is 1.59 bits per heavy atom. The molecular weight excluding hydrogens is 285 g/mol. The SMILES string of the molecule is CN1C=c2ccc3[c+]n(C)cc4ccc(c2c34)=C1.[O-]B(F)F. The van der Waals surface area contributed by atoms with Crippen LogP contribution < -0.4 is 15.5 Å². The Bertz CT molecular complexity index is 894. The van der Waals surface area contributed by atoms with E-state index in [9.17, 15) is 8.63 Å². The van der Waals surface area contributed by atoms with Crippen LogP contribution in [0.2, 0.25) is 0 Å². The van der Waals surface area contributed by atoms with Gasteiger partial charge in [0.2, 0.25) is 0 Å².